The third-order valence-electron chi connectivity index (χ3n) is 4.83. The summed E-state index contributed by atoms with van der Waals surface area (Å²) in [6, 6.07) is 14.9. The highest BCUT2D eigenvalue weighted by molar-refractivity contribution is 6.06. The molecule has 0 saturated carbocycles. The number of aromatic nitrogens is 5. The van der Waals surface area contributed by atoms with Crippen molar-refractivity contribution in [2.75, 3.05) is 0 Å². The molecule has 5 rings (SSSR count). The van der Waals surface area contributed by atoms with Gasteiger partial charge in [0.05, 0.1) is 12.4 Å². The lowest BCUT2D eigenvalue weighted by Crippen LogP contribution is -2.68. The van der Waals surface area contributed by atoms with Crippen molar-refractivity contribution in [1.29, 1.82) is 0 Å². The fourth-order valence-corrected chi connectivity index (χ4v) is 3.49. The van der Waals surface area contributed by atoms with Crippen LogP contribution >= 0.6 is 0 Å². The van der Waals surface area contributed by atoms with Gasteiger partial charge >= 0.3 is 5.88 Å². The van der Waals surface area contributed by atoms with Gasteiger partial charge in [0.2, 0.25) is 5.69 Å². The molecule has 0 aliphatic heterocycles. The number of aromatic amines is 3. The Kier molecular flexibility index (Phi) is 14.3. The molecule has 45 heavy (non-hydrogen) atoms. The second kappa shape index (κ2) is 16.4. The summed E-state index contributed by atoms with van der Waals surface area (Å²) >= 11 is 0. The third-order valence-corrected chi connectivity index (χ3v) is 4.83. The zero-order valence-electron chi connectivity index (χ0n) is 21.9. The number of pyridine rings is 3. The fraction of sp³-hybridized carbons (Fsp3) is 0. The number of allylic oxidation sites excluding steroid dienone is 1. The van der Waals surface area contributed by atoms with Crippen molar-refractivity contribution < 1.29 is 116 Å². The molecule has 0 bridgehead atoms. The van der Waals surface area contributed by atoms with Crippen LogP contribution in [0.4, 0.5) is 0 Å². The molecular formula is C22H20Cl3N5O15. The number of hydrogen-bond donors (Lipinski definition) is 3. The monoisotopic (exact) mass is 699 g/mol. The predicted octanol–water partition coefficient (Wildman–Crippen LogP) is -13.2. The number of rotatable bonds is 4. The summed E-state index contributed by atoms with van der Waals surface area (Å²) in [4.78, 5) is 21.8. The molecule has 0 amide bonds. The number of aromatic hydroxyl groups is 1. The standard InChI is InChI=1S/C22H15N5O2.3ClHO4.H2O/c28-17(15-9-11-23-12-10-15)8-7-16-20(24-18-5-1-3-13-26(16)18)21-22(29)25-19-6-2-4-14-27(19)21;3*2-1(3,4)5;/h1-14H,(H,28,29);3*(H,2,3,4,5);1H2. The molecule has 5 aromatic rings. The smallest absolute Gasteiger partial charge is 0.333 e. The Balaban J connectivity index is 0.000000532. The topological polar surface area (TPSA) is 399 Å². The summed E-state index contributed by atoms with van der Waals surface area (Å²) in [5, 5.41) is 10.6. The van der Waals surface area contributed by atoms with E-state index in [1.54, 1.807) is 30.6 Å². The minimum Gasteiger partial charge on any atom is -0.475 e. The van der Waals surface area contributed by atoms with Gasteiger partial charge in [0.15, 0.2) is 23.9 Å². The Bertz CT molecular complexity index is 1650. The minimum atomic E-state index is -4.94. The van der Waals surface area contributed by atoms with Crippen LogP contribution in [-0.2, 0) is 0 Å². The lowest BCUT2D eigenvalue weighted by molar-refractivity contribution is -2.00. The quantitative estimate of drug-likeness (QED) is 0.0890. The predicted molar refractivity (Wildman–Crippen MR) is 109 cm³/mol. The van der Waals surface area contributed by atoms with Crippen LogP contribution in [0.25, 0.3) is 28.8 Å². The van der Waals surface area contributed by atoms with E-state index in [4.69, 9.17) is 55.9 Å². The number of imidazole rings is 2. The summed E-state index contributed by atoms with van der Waals surface area (Å²) < 4.78 is 106. The largest absolute Gasteiger partial charge is 0.475 e. The zero-order chi connectivity index (χ0) is 33.3. The number of nitrogens with zero attached hydrogens (tertiary/aromatic N) is 2. The van der Waals surface area contributed by atoms with Gasteiger partial charge in [0.25, 0.3) is 17.0 Å². The molecule has 5 heterocycles. The van der Waals surface area contributed by atoms with E-state index in [-0.39, 0.29) is 17.1 Å². The average Bonchev–Trinajstić information content (AvgIpc) is 3.41. The highest BCUT2D eigenvalue weighted by Crippen LogP contribution is 2.27. The second-order valence-electron chi connectivity index (χ2n) is 7.74. The SMILES string of the molecule is O.O=C(/C=C/c1c(-c2c(O)[nH]c3cccc[n+]23)[nH]c2cccc[n+]12)c1cc[nH+]cc1.[O-][Cl+3]([O-])([O-])[O-].[O-][Cl+3]([O-])([O-])[O-].[O-][Cl+3]([O-])([O-])[O-]. The number of carbonyl (C=O) groups is 1. The summed E-state index contributed by atoms with van der Waals surface area (Å²) in [6.45, 7) is 0. The van der Waals surface area contributed by atoms with Gasteiger partial charge in [0, 0.05) is 29.8 Å². The molecule has 20 nitrogen and oxygen atoms in total. The van der Waals surface area contributed by atoms with Gasteiger partial charge in [-0.05, 0) is 24.3 Å². The van der Waals surface area contributed by atoms with Gasteiger partial charge in [-0.2, -0.15) is 8.80 Å². The molecule has 244 valence electrons. The second-order valence-corrected chi connectivity index (χ2v) is 10.0. The van der Waals surface area contributed by atoms with E-state index in [1.807, 2.05) is 57.6 Å². The van der Waals surface area contributed by atoms with E-state index < -0.39 is 30.7 Å². The molecular weight excluding hydrogens is 681 g/mol. The molecule has 0 unspecified atom stereocenters. The maximum Gasteiger partial charge on any atom is 0.333 e. The van der Waals surface area contributed by atoms with Crippen molar-refractivity contribution in [2.45, 2.75) is 0 Å². The molecule has 0 aliphatic carbocycles. The van der Waals surface area contributed by atoms with Crippen LogP contribution in [0.1, 0.15) is 16.1 Å². The van der Waals surface area contributed by atoms with Crippen LogP contribution in [0.2, 0.25) is 0 Å². The van der Waals surface area contributed by atoms with Crippen LogP contribution in [-0.4, -0.2) is 26.3 Å². The molecule has 0 spiro atoms. The molecule has 0 atom stereocenters. The van der Waals surface area contributed by atoms with E-state index in [9.17, 15) is 9.90 Å². The van der Waals surface area contributed by atoms with Crippen LogP contribution in [0.3, 0.4) is 0 Å². The Morgan fingerprint density at radius 1 is 0.711 bits per heavy atom. The van der Waals surface area contributed by atoms with Crippen molar-refractivity contribution in [3.05, 3.63) is 90.7 Å². The van der Waals surface area contributed by atoms with Crippen molar-refractivity contribution in [2.24, 2.45) is 0 Å². The molecule has 0 saturated heterocycles. The first-order valence-electron chi connectivity index (χ1n) is 11.0. The van der Waals surface area contributed by atoms with Gasteiger partial charge in [-0.25, -0.2) is 70.9 Å². The van der Waals surface area contributed by atoms with E-state index in [0.717, 1.165) is 17.0 Å². The van der Waals surface area contributed by atoms with Gasteiger partial charge in [0.1, 0.15) is 0 Å². The normalized spacial score (nSPS) is 11.5. The third kappa shape index (κ3) is 14.6. The van der Waals surface area contributed by atoms with Gasteiger partial charge < -0.3 is 10.6 Å². The first-order chi connectivity index (χ1) is 20.2. The number of ketones is 1. The zero-order valence-corrected chi connectivity index (χ0v) is 24.1. The molecule has 0 aliphatic rings. The molecule has 0 radical (unpaired) electrons. The van der Waals surface area contributed by atoms with Crippen LogP contribution < -0.4 is 69.7 Å². The number of fused-ring (bicyclic) bond motifs is 2. The van der Waals surface area contributed by atoms with E-state index in [2.05, 4.69) is 15.0 Å². The first-order valence-corrected chi connectivity index (χ1v) is 14.7. The van der Waals surface area contributed by atoms with E-state index in [0.29, 0.717) is 17.0 Å². The van der Waals surface area contributed by atoms with Gasteiger partial charge in [-0.1, -0.05) is 12.1 Å². The number of hydrogen-bond acceptors (Lipinski definition) is 14. The molecule has 5 aromatic heterocycles. The highest BCUT2D eigenvalue weighted by atomic mass is 35.7. The Hall–Kier alpha value is -3.91. The lowest BCUT2D eigenvalue weighted by atomic mass is 10.1. The van der Waals surface area contributed by atoms with Crippen LogP contribution in [0.15, 0.2) is 79.4 Å². The van der Waals surface area contributed by atoms with Crippen molar-refractivity contribution >= 4 is 23.2 Å². The van der Waals surface area contributed by atoms with Gasteiger partial charge in [-0.3, -0.25) is 4.79 Å². The lowest BCUT2D eigenvalue weighted by Gasteiger charge is -2.17. The summed E-state index contributed by atoms with van der Waals surface area (Å²) in [5.74, 6) is -0.0606. The molecule has 0 fully saturated rings. The Labute approximate surface area is 256 Å². The first kappa shape index (κ1) is 39.1. The summed E-state index contributed by atoms with van der Waals surface area (Å²) in [5.41, 5.74) is 4.23. The van der Waals surface area contributed by atoms with Crippen molar-refractivity contribution in [3.63, 3.8) is 0 Å². The molecule has 23 heteroatoms. The minimum absolute atomic E-state index is 0. The van der Waals surface area contributed by atoms with Crippen molar-refractivity contribution in [1.82, 2.24) is 9.97 Å². The van der Waals surface area contributed by atoms with E-state index in [1.165, 1.54) is 6.08 Å². The van der Waals surface area contributed by atoms with Gasteiger partial charge in [-0.15, -0.1) is 30.7 Å². The Morgan fingerprint density at radius 2 is 1.16 bits per heavy atom. The summed E-state index contributed by atoms with van der Waals surface area (Å²) in [7, 11) is -14.8. The number of H-pyrrole nitrogens is 3. The highest BCUT2D eigenvalue weighted by Gasteiger charge is 2.30. The Morgan fingerprint density at radius 3 is 1.64 bits per heavy atom. The number of nitrogens with one attached hydrogen (secondary N) is 3. The molecule has 0 aromatic carbocycles. The maximum absolute atomic E-state index is 12.6. The number of halogens is 3. The summed E-state index contributed by atoms with van der Waals surface area (Å²) in [6.07, 6.45) is 10.5. The maximum atomic E-state index is 12.6. The van der Waals surface area contributed by atoms with Crippen LogP contribution in [0.5, 0.6) is 5.88 Å². The van der Waals surface area contributed by atoms with E-state index >= 15 is 0 Å². The van der Waals surface area contributed by atoms with Crippen molar-refractivity contribution in [3.8, 4) is 17.3 Å². The average molecular weight is 701 g/mol. The number of carbonyl (C=O) groups excluding carboxylic acids is 1. The van der Waals surface area contributed by atoms with Crippen LogP contribution in [0, 0.1) is 30.7 Å². The fourth-order valence-electron chi connectivity index (χ4n) is 3.49. The molecule has 6 N–H and O–H groups in total.